The summed E-state index contributed by atoms with van der Waals surface area (Å²) in [6.45, 7) is 7.63. The third-order valence-electron chi connectivity index (χ3n) is 6.50. The van der Waals surface area contributed by atoms with E-state index in [1.165, 1.54) is 25.0 Å². The maximum absolute atomic E-state index is 2.58. The molecule has 0 aromatic heterocycles. The van der Waals surface area contributed by atoms with Gasteiger partial charge < -0.3 is 0 Å². The van der Waals surface area contributed by atoms with Crippen molar-refractivity contribution < 1.29 is 0 Å². The van der Waals surface area contributed by atoms with E-state index in [9.17, 15) is 0 Å². The van der Waals surface area contributed by atoms with Gasteiger partial charge in [-0.3, -0.25) is 0 Å². The van der Waals surface area contributed by atoms with Crippen molar-refractivity contribution in [1.82, 2.24) is 0 Å². The first-order chi connectivity index (χ1) is 8.99. The molecule has 1 spiro atoms. The highest BCUT2D eigenvalue weighted by molar-refractivity contribution is 8.18. The number of rotatable bonds is 0. The Hall–Kier alpha value is -0.0800. The summed E-state index contributed by atoms with van der Waals surface area (Å²) in [4.78, 5) is 1.55. The average Bonchev–Trinajstić information content (AvgIpc) is 2.71. The molecule has 0 radical (unpaired) electrons. The minimum Gasteiger partial charge on any atom is -0.138 e. The van der Waals surface area contributed by atoms with E-state index < -0.39 is 0 Å². The monoisotopic (exact) mass is 290 g/mol. The molecule has 0 N–H and O–H groups in total. The number of fused-ring (bicyclic) bond motifs is 4. The summed E-state index contributed by atoms with van der Waals surface area (Å²) in [6.07, 6.45) is 4.29. The second-order valence-electron chi connectivity index (χ2n) is 7.24. The maximum atomic E-state index is 2.58. The molecule has 1 aromatic rings. The van der Waals surface area contributed by atoms with E-state index in [1.807, 2.05) is 0 Å². The normalized spacial score (nSPS) is 42.6. The number of benzene rings is 1. The predicted octanol–water partition coefficient (Wildman–Crippen LogP) is 5.57. The fourth-order valence-electron chi connectivity index (χ4n) is 4.68. The highest BCUT2D eigenvalue weighted by atomic mass is 32.2. The van der Waals surface area contributed by atoms with Crippen LogP contribution in [0.25, 0.3) is 0 Å². The van der Waals surface area contributed by atoms with Gasteiger partial charge in [-0.25, -0.2) is 0 Å². The lowest BCUT2D eigenvalue weighted by molar-refractivity contribution is 0.149. The van der Waals surface area contributed by atoms with Crippen LogP contribution in [-0.4, -0.2) is 4.08 Å². The molecule has 1 aliphatic heterocycles. The van der Waals surface area contributed by atoms with Crippen LogP contribution in [0, 0.1) is 16.7 Å². The molecule has 0 nitrogen and oxygen atoms in total. The first kappa shape index (κ1) is 12.6. The zero-order chi connectivity index (χ0) is 13.3. The summed E-state index contributed by atoms with van der Waals surface area (Å²) in [6, 6.07) is 9.04. The Kier molecular flexibility index (Phi) is 2.50. The van der Waals surface area contributed by atoms with Crippen molar-refractivity contribution in [3.63, 3.8) is 0 Å². The molecule has 0 unspecified atom stereocenters. The average molecular weight is 290 g/mol. The van der Waals surface area contributed by atoms with Gasteiger partial charge in [0.2, 0.25) is 0 Å². The summed E-state index contributed by atoms with van der Waals surface area (Å²) in [5.74, 6) is 2.14. The van der Waals surface area contributed by atoms with Crippen LogP contribution >= 0.6 is 23.5 Å². The molecule has 0 amide bonds. The Labute approximate surface area is 125 Å². The molecule has 3 aliphatic rings. The molecule has 2 fully saturated rings. The van der Waals surface area contributed by atoms with E-state index in [4.69, 9.17) is 0 Å². The molecule has 0 saturated heterocycles. The first-order valence-electron chi connectivity index (χ1n) is 7.39. The van der Waals surface area contributed by atoms with Crippen LogP contribution in [0.4, 0.5) is 0 Å². The first-order valence-corrected chi connectivity index (χ1v) is 9.20. The molecule has 3 atom stereocenters. The maximum Gasteiger partial charge on any atom is 0.0722 e. The van der Waals surface area contributed by atoms with Crippen LogP contribution in [0.1, 0.15) is 45.6 Å². The predicted molar refractivity (Wildman–Crippen MR) is 85.6 cm³/mol. The number of hydrogen-bond donors (Lipinski definition) is 0. The summed E-state index contributed by atoms with van der Waals surface area (Å²) >= 11 is 4.44. The van der Waals surface area contributed by atoms with Gasteiger partial charge in [-0.1, -0.05) is 39.0 Å². The summed E-state index contributed by atoms with van der Waals surface area (Å²) in [5.41, 5.74) is 2.56. The Bertz CT molecular complexity index is 536. The lowest BCUT2D eigenvalue weighted by atomic mass is 9.70. The summed E-state index contributed by atoms with van der Waals surface area (Å²) in [5, 5.41) is 0. The lowest BCUT2D eigenvalue weighted by Crippen LogP contribution is -2.43. The van der Waals surface area contributed by atoms with Gasteiger partial charge in [0.1, 0.15) is 0 Å². The minimum absolute atomic E-state index is 0.438. The van der Waals surface area contributed by atoms with Gasteiger partial charge in [0, 0.05) is 10.6 Å². The second kappa shape index (κ2) is 3.76. The van der Waals surface area contributed by atoms with Crippen LogP contribution in [0.5, 0.6) is 0 Å². The van der Waals surface area contributed by atoms with E-state index in [-0.39, 0.29) is 0 Å². The van der Waals surface area contributed by atoms with Crippen LogP contribution < -0.4 is 0 Å². The minimum atomic E-state index is 0.438. The molecule has 1 aromatic carbocycles. The standard InChI is InChI=1S/C17H22S2/c1-15(2)13-8-9-16(15,3)17(10-13)18-11-12-6-4-5-7-14(12)19-17/h4-7,13H,8-11H2,1-3H3/t13-,16-,17+/m0/s1. The quantitative estimate of drug-likeness (QED) is 0.613. The molecule has 4 rings (SSSR count). The number of hydrogen-bond acceptors (Lipinski definition) is 2. The third-order valence-corrected chi connectivity index (χ3v) is 10.2. The van der Waals surface area contributed by atoms with Gasteiger partial charge in [-0.15, -0.1) is 23.5 Å². The molecule has 2 aliphatic carbocycles. The van der Waals surface area contributed by atoms with Gasteiger partial charge in [-0.05, 0) is 47.6 Å². The molecule has 1 heterocycles. The van der Waals surface area contributed by atoms with Crippen molar-refractivity contribution >= 4 is 23.5 Å². The van der Waals surface area contributed by atoms with Crippen LogP contribution in [0.15, 0.2) is 29.2 Å². The topological polar surface area (TPSA) is 0 Å². The third kappa shape index (κ3) is 1.40. The zero-order valence-corrected chi connectivity index (χ0v) is 13.7. The van der Waals surface area contributed by atoms with Crippen molar-refractivity contribution in [3.05, 3.63) is 29.8 Å². The molecule has 2 bridgehead atoms. The van der Waals surface area contributed by atoms with Gasteiger partial charge in [0.25, 0.3) is 0 Å². The summed E-state index contributed by atoms with van der Waals surface area (Å²) in [7, 11) is 0. The fourth-order valence-corrected chi connectivity index (χ4v) is 8.75. The van der Waals surface area contributed by atoms with E-state index in [0.29, 0.717) is 14.9 Å². The smallest absolute Gasteiger partial charge is 0.0722 e. The molecule has 2 saturated carbocycles. The molecular weight excluding hydrogens is 268 g/mol. The number of thioether (sulfide) groups is 2. The summed E-state index contributed by atoms with van der Waals surface area (Å²) < 4.78 is 0.438. The largest absolute Gasteiger partial charge is 0.138 e. The van der Waals surface area contributed by atoms with Crippen molar-refractivity contribution in [2.45, 2.75) is 54.8 Å². The van der Waals surface area contributed by atoms with Crippen LogP contribution in [0.2, 0.25) is 0 Å². The molecule has 2 heteroatoms. The Morgan fingerprint density at radius 2 is 1.95 bits per heavy atom. The van der Waals surface area contributed by atoms with E-state index in [0.717, 1.165) is 5.92 Å². The Morgan fingerprint density at radius 1 is 1.16 bits per heavy atom. The molecular formula is C17H22S2. The van der Waals surface area contributed by atoms with Gasteiger partial charge >= 0.3 is 0 Å². The van der Waals surface area contributed by atoms with Gasteiger partial charge in [0.15, 0.2) is 0 Å². The second-order valence-corrected chi connectivity index (χ2v) is 10.1. The SMILES string of the molecule is CC1(C)[C@H]2CC[C@]1(C)[C@]1(C2)SCc2ccccc2S1. The Morgan fingerprint density at radius 3 is 2.63 bits per heavy atom. The van der Waals surface area contributed by atoms with Crippen molar-refractivity contribution in [2.24, 2.45) is 16.7 Å². The highest BCUT2D eigenvalue weighted by Crippen LogP contribution is 2.78. The van der Waals surface area contributed by atoms with E-state index in [2.05, 4.69) is 68.6 Å². The van der Waals surface area contributed by atoms with Gasteiger partial charge in [0.05, 0.1) is 4.08 Å². The zero-order valence-electron chi connectivity index (χ0n) is 12.0. The van der Waals surface area contributed by atoms with E-state index >= 15 is 0 Å². The highest BCUT2D eigenvalue weighted by Gasteiger charge is 2.69. The lowest BCUT2D eigenvalue weighted by Gasteiger charge is -2.49. The van der Waals surface area contributed by atoms with Crippen LogP contribution in [0.3, 0.4) is 0 Å². The van der Waals surface area contributed by atoms with Gasteiger partial charge in [-0.2, -0.15) is 0 Å². The van der Waals surface area contributed by atoms with Crippen molar-refractivity contribution in [2.75, 3.05) is 0 Å². The Balaban J connectivity index is 1.79. The van der Waals surface area contributed by atoms with Crippen molar-refractivity contribution in [1.29, 1.82) is 0 Å². The van der Waals surface area contributed by atoms with E-state index in [1.54, 1.807) is 10.5 Å². The van der Waals surface area contributed by atoms with Crippen LogP contribution in [-0.2, 0) is 5.75 Å². The molecule has 19 heavy (non-hydrogen) atoms. The molecule has 102 valence electrons. The fraction of sp³-hybridized carbons (Fsp3) is 0.647. The van der Waals surface area contributed by atoms with Crippen molar-refractivity contribution in [3.8, 4) is 0 Å².